The number of benzene rings is 2. The molecular formula is C16H12Cl2N2O. The highest BCUT2D eigenvalue weighted by molar-refractivity contribution is 6.42. The number of hydrogen-bond acceptors (Lipinski definition) is 2. The van der Waals surface area contributed by atoms with Gasteiger partial charge in [-0.15, -0.1) is 0 Å². The number of rotatable bonds is 2. The molecule has 0 bridgehead atoms. The minimum atomic E-state index is -0.0604. The Balaban J connectivity index is 2.06. The van der Waals surface area contributed by atoms with Crippen LogP contribution in [0.3, 0.4) is 0 Å². The highest BCUT2D eigenvalue weighted by Crippen LogP contribution is 2.22. The third-order valence-electron chi connectivity index (χ3n) is 3.32. The Morgan fingerprint density at radius 3 is 2.67 bits per heavy atom. The number of aromatic nitrogens is 2. The van der Waals surface area contributed by atoms with Crippen LogP contribution in [0.4, 0.5) is 0 Å². The Morgan fingerprint density at radius 1 is 1.10 bits per heavy atom. The van der Waals surface area contributed by atoms with Gasteiger partial charge in [-0.3, -0.25) is 9.36 Å². The van der Waals surface area contributed by atoms with Crippen molar-refractivity contribution < 1.29 is 0 Å². The fourth-order valence-corrected chi connectivity index (χ4v) is 2.54. The fraction of sp³-hybridized carbons (Fsp3) is 0.125. The van der Waals surface area contributed by atoms with Crippen LogP contribution in [0.1, 0.15) is 11.1 Å². The van der Waals surface area contributed by atoms with Gasteiger partial charge >= 0.3 is 0 Å². The van der Waals surface area contributed by atoms with Gasteiger partial charge in [0.2, 0.25) is 0 Å². The van der Waals surface area contributed by atoms with E-state index < -0.39 is 0 Å². The molecule has 0 atom stereocenters. The van der Waals surface area contributed by atoms with Gasteiger partial charge in [0.15, 0.2) is 0 Å². The predicted molar refractivity (Wildman–Crippen MR) is 86.3 cm³/mol. The topological polar surface area (TPSA) is 34.9 Å². The predicted octanol–water partition coefficient (Wildman–Crippen LogP) is 4.06. The Bertz CT molecular complexity index is 887. The zero-order chi connectivity index (χ0) is 15.0. The first kappa shape index (κ1) is 14.1. The van der Waals surface area contributed by atoms with E-state index in [2.05, 4.69) is 4.98 Å². The number of hydrogen-bond donors (Lipinski definition) is 0. The van der Waals surface area contributed by atoms with Crippen molar-refractivity contribution in [3.05, 3.63) is 74.3 Å². The molecule has 0 amide bonds. The van der Waals surface area contributed by atoms with Crippen molar-refractivity contribution in [2.45, 2.75) is 13.5 Å². The van der Waals surface area contributed by atoms with Crippen molar-refractivity contribution in [3.63, 3.8) is 0 Å². The van der Waals surface area contributed by atoms with Crippen molar-refractivity contribution >= 4 is 34.1 Å². The zero-order valence-corrected chi connectivity index (χ0v) is 12.8. The molecule has 0 aliphatic heterocycles. The van der Waals surface area contributed by atoms with E-state index in [1.54, 1.807) is 23.0 Å². The average Bonchev–Trinajstić information content (AvgIpc) is 2.46. The van der Waals surface area contributed by atoms with E-state index in [-0.39, 0.29) is 5.56 Å². The summed E-state index contributed by atoms with van der Waals surface area (Å²) in [5.74, 6) is 0. The van der Waals surface area contributed by atoms with Crippen LogP contribution in [-0.4, -0.2) is 9.55 Å². The van der Waals surface area contributed by atoms with Crippen LogP contribution in [-0.2, 0) is 6.54 Å². The van der Waals surface area contributed by atoms with Crippen molar-refractivity contribution in [1.29, 1.82) is 0 Å². The first-order chi connectivity index (χ1) is 10.0. The summed E-state index contributed by atoms with van der Waals surface area (Å²) in [5, 5.41) is 1.60. The third-order valence-corrected chi connectivity index (χ3v) is 4.06. The third kappa shape index (κ3) is 2.80. The van der Waals surface area contributed by atoms with Gasteiger partial charge < -0.3 is 0 Å². The molecule has 1 heterocycles. The van der Waals surface area contributed by atoms with Gasteiger partial charge in [-0.1, -0.05) is 40.9 Å². The molecule has 0 spiro atoms. The highest BCUT2D eigenvalue weighted by atomic mass is 35.5. The number of halogens is 2. The fourth-order valence-electron chi connectivity index (χ4n) is 2.22. The van der Waals surface area contributed by atoms with Crippen LogP contribution in [0.2, 0.25) is 10.0 Å². The maximum Gasteiger partial charge on any atom is 0.261 e. The van der Waals surface area contributed by atoms with Gasteiger partial charge in [-0.05, 0) is 36.8 Å². The molecule has 0 saturated heterocycles. The minimum Gasteiger partial charge on any atom is -0.294 e. The van der Waals surface area contributed by atoms with Crippen LogP contribution in [0.25, 0.3) is 10.9 Å². The molecule has 3 aromatic rings. The summed E-state index contributed by atoms with van der Waals surface area (Å²) < 4.78 is 1.57. The van der Waals surface area contributed by atoms with Crippen LogP contribution < -0.4 is 5.56 Å². The van der Waals surface area contributed by atoms with E-state index in [4.69, 9.17) is 23.2 Å². The Labute approximate surface area is 131 Å². The molecule has 0 saturated carbocycles. The lowest BCUT2D eigenvalue weighted by atomic mass is 10.1. The molecule has 1 aromatic heterocycles. The zero-order valence-electron chi connectivity index (χ0n) is 11.3. The Morgan fingerprint density at radius 2 is 1.90 bits per heavy atom. The molecule has 0 fully saturated rings. The van der Waals surface area contributed by atoms with Gasteiger partial charge in [0.25, 0.3) is 5.56 Å². The van der Waals surface area contributed by atoms with Crippen molar-refractivity contribution in [2.75, 3.05) is 0 Å². The maximum atomic E-state index is 12.5. The molecule has 2 aromatic carbocycles. The van der Waals surface area contributed by atoms with Crippen LogP contribution in [0.15, 0.2) is 47.5 Å². The monoisotopic (exact) mass is 318 g/mol. The van der Waals surface area contributed by atoms with Crippen LogP contribution in [0, 0.1) is 6.92 Å². The summed E-state index contributed by atoms with van der Waals surface area (Å²) in [6.07, 6.45) is 1.56. The molecular weight excluding hydrogens is 307 g/mol. The van der Waals surface area contributed by atoms with Crippen molar-refractivity contribution in [3.8, 4) is 0 Å². The summed E-state index contributed by atoms with van der Waals surface area (Å²) in [6.45, 7) is 2.36. The molecule has 0 radical (unpaired) electrons. The van der Waals surface area contributed by atoms with Crippen LogP contribution in [0.5, 0.6) is 0 Å². The average molecular weight is 319 g/mol. The van der Waals surface area contributed by atoms with Gasteiger partial charge in [0, 0.05) is 0 Å². The Hall–Kier alpha value is -1.84. The lowest BCUT2D eigenvalue weighted by Gasteiger charge is -2.08. The second-order valence-electron chi connectivity index (χ2n) is 4.95. The van der Waals surface area contributed by atoms with Gasteiger partial charge in [0.1, 0.15) is 0 Å². The summed E-state index contributed by atoms with van der Waals surface area (Å²) in [7, 11) is 0. The van der Waals surface area contributed by atoms with Gasteiger partial charge in [0.05, 0.1) is 33.8 Å². The van der Waals surface area contributed by atoms with E-state index in [1.807, 2.05) is 31.2 Å². The van der Waals surface area contributed by atoms with Crippen molar-refractivity contribution in [1.82, 2.24) is 9.55 Å². The van der Waals surface area contributed by atoms with E-state index in [0.717, 1.165) is 11.1 Å². The molecule has 21 heavy (non-hydrogen) atoms. The first-order valence-corrected chi connectivity index (χ1v) is 7.20. The summed E-state index contributed by atoms with van der Waals surface area (Å²) >= 11 is 11.9. The summed E-state index contributed by atoms with van der Waals surface area (Å²) in [5.41, 5.74) is 2.58. The van der Waals surface area contributed by atoms with E-state index in [0.29, 0.717) is 27.5 Å². The molecule has 5 heteroatoms. The normalized spacial score (nSPS) is 11.0. The molecule has 0 N–H and O–H groups in total. The standard InChI is InChI=1S/C16H12Cl2N2O/c1-10-2-5-15-12(6-10)16(21)20(9-19-15)8-11-3-4-13(17)14(18)7-11/h2-7,9H,8H2,1H3. The first-order valence-electron chi connectivity index (χ1n) is 6.44. The quantitative estimate of drug-likeness (QED) is 0.714. The maximum absolute atomic E-state index is 12.5. The highest BCUT2D eigenvalue weighted by Gasteiger charge is 2.06. The van der Waals surface area contributed by atoms with E-state index >= 15 is 0 Å². The SMILES string of the molecule is Cc1ccc2ncn(Cc3ccc(Cl)c(Cl)c3)c(=O)c2c1. The number of fused-ring (bicyclic) bond motifs is 1. The second kappa shape index (κ2) is 5.51. The van der Waals surface area contributed by atoms with Crippen molar-refractivity contribution in [2.24, 2.45) is 0 Å². The smallest absolute Gasteiger partial charge is 0.261 e. The lowest BCUT2D eigenvalue weighted by Crippen LogP contribution is -2.21. The number of nitrogens with zero attached hydrogens (tertiary/aromatic N) is 2. The minimum absolute atomic E-state index is 0.0604. The second-order valence-corrected chi connectivity index (χ2v) is 5.76. The molecule has 0 unspecified atom stereocenters. The summed E-state index contributed by atoms with van der Waals surface area (Å²) in [4.78, 5) is 16.8. The molecule has 3 nitrogen and oxygen atoms in total. The largest absolute Gasteiger partial charge is 0.294 e. The van der Waals surface area contributed by atoms with Gasteiger partial charge in [-0.25, -0.2) is 4.98 Å². The van der Waals surface area contributed by atoms with E-state index in [1.165, 1.54) is 0 Å². The van der Waals surface area contributed by atoms with Crippen LogP contribution >= 0.6 is 23.2 Å². The van der Waals surface area contributed by atoms with Gasteiger partial charge in [-0.2, -0.15) is 0 Å². The lowest BCUT2D eigenvalue weighted by molar-refractivity contribution is 0.748. The Kier molecular flexibility index (Phi) is 3.70. The summed E-state index contributed by atoms with van der Waals surface area (Å²) in [6, 6.07) is 11.0. The molecule has 3 rings (SSSR count). The van der Waals surface area contributed by atoms with E-state index in [9.17, 15) is 4.79 Å². The molecule has 106 valence electrons. The number of aryl methyl sites for hydroxylation is 1. The molecule has 0 aliphatic rings. The molecule has 0 aliphatic carbocycles.